The number of rotatable bonds is 7. The summed E-state index contributed by atoms with van der Waals surface area (Å²) in [6, 6.07) is 20.6. The topological polar surface area (TPSA) is 83.4 Å². The minimum Gasteiger partial charge on any atom is -0.459 e. The number of furan rings is 1. The Morgan fingerprint density at radius 3 is 2.32 bits per heavy atom. The lowest BCUT2D eigenvalue weighted by Crippen LogP contribution is -2.41. The zero-order valence-corrected chi connectivity index (χ0v) is 16.7. The van der Waals surface area contributed by atoms with E-state index in [-0.39, 0.29) is 19.0 Å². The smallest absolute Gasteiger partial charge is 0.315 e. The van der Waals surface area contributed by atoms with E-state index < -0.39 is 6.03 Å². The van der Waals surface area contributed by atoms with Gasteiger partial charge in [0.25, 0.3) is 0 Å². The quantitative estimate of drug-likeness (QED) is 0.520. The van der Waals surface area contributed by atoms with Gasteiger partial charge in [0.1, 0.15) is 11.5 Å². The van der Waals surface area contributed by atoms with Crippen molar-refractivity contribution in [2.45, 2.75) is 13.1 Å². The van der Waals surface area contributed by atoms with Gasteiger partial charge < -0.3 is 20.4 Å². The first-order chi connectivity index (χ1) is 13.6. The summed E-state index contributed by atoms with van der Waals surface area (Å²) in [5, 5.41) is 7.95. The molecule has 6 nitrogen and oxygen atoms in total. The predicted molar refractivity (Wildman–Crippen MR) is 110 cm³/mol. The van der Waals surface area contributed by atoms with Gasteiger partial charge in [0.2, 0.25) is 5.91 Å². The molecule has 0 aliphatic carbocycles. The molecule has 0 unspecified atom stereocenters. The number of halogens is 1. The Hall–Kier alpha value is -3.06. The molecule has 1 heterocycles. The Kier molecular flexibility index (Phi) is 6.86. The summed E-state index contributed by atoms with van der Waals surface area (Å²) in [4.78, 5) is 23.7. The van der Waals surface area contributed by atoms with Crippen LogP contribution in [0.4, 0.5) is 4.79 Å². The molecule has 1 aromatic heterocycles. The molecule has 0 aliphatic rings. The lowest BCUT2D eigenvalue weighted by atomic mass is 10.2. The van der Waals surface area contributed by atoms with Crippen LogP contribution in [0.25, 0.3) is 11.3 Å². The van der Waals surface area contributed by atoms with E-state index in [1.54, 1.807) is 0 Å². The molecule has 28 heavy (non-hydrogen) atoms. The summed E-state index contributed by atoms with van der Waals surface area (Å²) >= 11 is 3.40. The van der Waals surface area contributed by atoms with Crippen molar-refractivity contribution in [2.75, 3.05) is 6.54 Å². The molecule has 3 aromatic rings. The molecular weight excluding hydrogens is 422 g/mol. The van der Waals surface area contributed by atoms with Crippen LogP contribution in [-0.4, -0.2) is 18.5 Å². The largest absolute Gasteiger partial charge is 0.459 e. The molecule has 3 amide bonds. The second-order valence-corrected chi connectivity index (χ2v) is 6.99. The van der Waals surface area contributed by atoms with Crippen LogP contribution in [-0.2, 0) is 17.9 Å². The standard InChI is InChI=1S/C21H20BrN3O3/c22-17-8-6-16(7-9-17)19-11-10-18(28-19)13-23-20(26)14-25-21(27)24-12-15-4-2-1-3-5-15/h1-11H,12-14H2,(H,23,26)(H2,24,25,27). The molecule has 0 radical (unpaired) electrons. The van der Waals surface area contributed by atoms with E-state index in [0.29, 0.717) is 12.3 Å². The Morgan fingerprint density at radius 2 is 1.57 bits per heavy atom. The number of carbonyl (C=O) groups excluding carboxylic acids is 2. The minimum absolute atomic E-state index is 0.110. The third-order valence-electron chi connectivity index (χ3n) is 3.96. The third kappa shape index (κ3) is 5.99. The summed E-state index contributed by atoms with van der Waals surface area (Å²) < 4.78 is 6.74. The first kappa shape index (κ1) is 19.7. The molecule has 0 fully saturated rings. The maximum Gasteiger partial charge on any atom is 0.315 e. The fourth-order valence-corrected chi connectivity index (χ4v) is 2.76. The number of amides is 3. The average Bonchev–Trinajstić information content (AvgIpc) is 3.19. The Bertz CT molecular complexity index is 924. The zero-order chi connectivity index (χ0) is 19.8. The second-order valence-electron chi connectivity index (χ2n) is 6.07. The number of hydrogen-bond donors (Lipinski definition) is 3. The van der Waals surface area contributed by atoms with Gasteiger partial charge in [-0.2, -0.15) is 0 Å². The highest BCUT2D eigenvalue weighted by Gasteiger charge is 2.08. The molecule has 7 heteroatoms. The van der Waals surface area contributed by atoms with Crippen molar-refractivity contribution in [1.82, 2.24) is 16.0 Å². The van der Waals surface area contributed by atoms with E-state index in [9.17, 15) is 9.59 Å². The molecule has 0 atom stereocenters. The van der Waals surface area contributed by atoms with E-state index in [1.807, 2.05) is 66.7 Å². The predicted octanol–water partition coefficient (Wildman–Crippen LogP) is 3.82. The first-order valence-electron chi connectivity index (χ1n) is 8.77. The fraction of sp³-hybridized carbons (Fsp3) is 0.143. The lowest BCUT2D eigenvalue weighted by Gasteiger charge is -2.08. The summed E-state index contributed by atoms with van der Waals surface area (Å²) in [6.07, 6.45) is 0. The van der Waals surface area contributed by atoms with Crippen molar-refractivity contribution in [2.24, 2.45) is 0 Å². The monoisotopic (exact) mass is 441 g/mol. The lowest BCUT2D eigenvalue weighted by molar-refractivity contribution is -0.120. The van der Waals surface area contributed by atoms with Crippen LogP contribution in [0.5, 0.6) is 0 Å². The van der Waals surface area contributed by atoms with E-state index in [1.165, 1.54) is 0 Å². The van der Waals surface area contributed by atoms with Crippen molar-refractivity contribution in [3.05, 3.63) is 82.5 Å². The summed E-state index contributed by atoms with van der Waals surface area (Å²) in [5.41, 5.74) is 1.94. The molecule has 3 rings (SSSR count). The van der Waals surface area contributed by atoms with Gasteiger partial charge in [-0.15, -0.1) is 0 Å². The van der Waals surface area contributed by atoms with Crippen LogP contribution in [0.1, 0.15) is 11.3 Å². The van der Waals surface area contributed by atoms with E-state index in [2.05, 4.69) is 31.9 Å². The molecule has 2 aromatic carbocycles. The van der Waals surface area contributed by atoms with E-state index >= 15 is 0 Å². The normalized spacial score (nSPS) is 10.3. The highest BCUT2D eigenvalue weighted by Crippen LogP contribution is 2.23. The zero-order valence-electron chi connectivity index (χ0n) is 15.1. The fourth-order valence-electron chi connectivity index (χ4n) is 2.49. The summed E-state index contributed by atoms with van der Waals surface area (Å²) in [7, 11) is 0. The van der Waals surface area contributed by atoms with Crippen LogP contribution in [0, 0.1) is 0 Å². The molecular formula is C21H20BrN3O3. The number of urea groups is 1. The van der Waals surface area contributed by atoms with Gasteiger partial charge in [-0.3, -0.25) is 4.79 Å². The number of carbonyl (C=O) groups is 2. The van der Waals surface area contributed by atoms with Gasteiger partial charge in [0, 0.05) is 16.6 Å². The Labute approximate surface area is 171 Å². The molecule has 0 spiro atoms. The van der Waals surface area contributed by atoms with Crippen LogP contribution in [0.3, 0.4) is 0 Å². The summed E-state index contributed by atoms with van der Waals surface area (Å²) in [5.74, 6) is 1.08. The van der Waals surface area contributed by atoms with Gasteiger partial charge in [-0.25, -0.2) is 4.79 Å². The van der Waals surface area contributed by atoms with Gasteiger partial charge >= 0.3 is 6.03 Å². The van der Waals surface area contributed by atoms with Crippen LogP contribution >= 0.6 is 15.9 Å². The molecule has 0 aliphatic heterocycles. The van der Waals surface area contributed by atoms with Crippen LogP contribution in [0.2, 0.25) is 0 Å². The molecule has 0 saturated heterocycles. The second kappa shape index (κ2) is 9.75. The number of benzene rings is 2. The van der Waals surface area contributed by atoms with E-state index in [0.717, 1.165) is 21.4 Å². The highest BCUT2D eigenvalue weighted by molar-refractivity contribution is 9.10. The van der Waals surface area contributed by atoms with Crippen molar-refractivity contribution in [3.8, 4) is 11.3 Å². The average molecular weight is 442 g/mol. The molecule has 0 saturated carbocycles. The SMILES string of the molecule is O=C(CNC(=O)NCc1ccccc1)NCc1ccc(-c2ccc(Br)cc2)o1. The van der Waals surface area contributed by atoms with Crippen molar-refractivity contribution in [3.63, 3.8) is 0 Å². The molecule has 144 valence electrons. The van der Waals surface area contributed by atoms with Crippen molar-refractivity contribution < 1.29 is 14.0 Å². The number of nitrogens with one attached hydrogen (secondary N) is 3. The molecule has 3 N–H and O–H groups in total. The van der Waals surface area contributed by atoms with Crippen LogP contribution < -0.4 is 16.0 Å². The third-order valence-corrected chi connectivity index (χ3v) is 4.48. The summed E-state index contributed by atoms with van der Waals surface area (Å²) in [6.45, 7) is 0.545. The first-order valence-corrected chi connectivity index (χ1v) is 9.56. The maximum absolute atomic E-state index is 11.9. The van der Waals surface area contributed by atoms with Gasteiger partial charge in [0.15, 0.2) is 0 Å². The number of hydrogen-bond acceptors (Lipinski definition) is 3. The van der Waals surface area contributed by atoms with Gasteiger partial charge in [-0.1, -0.05) is 58.4 Å². The van der Waals surface area contributed by atoms with E-state index in [4.69, 9.17) is 4.42 Å². The van der Waals surface area contributed by atoms with Crippen molar-refractivity contribution in [1.29, 1.82) is 0 Å². The van der Waals surface area contributed by atoms with Crippen molar-refractivity contribution >= 4 is 27.9 Å². The minimum atomic E-state index is -0.394. The highest BCUT2D eigenvalue weighted by atomic mass is 79.9. The van der Waals surface area contributed by atoms with Gasteiger partial charge in [0.05, 0.1) is 13.1 Å². The molecule has 0 bridgehead atoms. The Morgan fingerprint density at radius 1 is 0.821 bits per heavy atom. The Balaban J connectivity index is 1.38. The van der Waals surface area contributed by atoms with Gasteiger partial charge in [-0.05, 0) is 29.8 Å². The van der Waals surface area contributed by atoms with Crippen LogP contribution in [0.15, 0.2) is 75.6 Å². The maximum atomic E-state index is 11.9.